The van der Waals surface area contributed by atoms with Gasteiger partial charge in [0.1, 0.15) is 11.8 Å². The van der Waals surface area contributed by atoms with E-state index >= 15 is 0 Å². The monoisotopic (exact) mass is 320 g/mol. The molecule has 0 saturated heterocycles. The van der Waals surface area contributed by atoms with Gasteiger partial charge in [0.2, 0.25) is 0 Å². The Kier molecular flexibility index (Phi) is 7.28. The van der Waals surface area contributed by atoms with Crippen LogP contribution in [0.25, 0.3) is 6.08 Å². The lowest BCUT2D eigenvalue weighted by atomic mass is 10.2. The van der Waals surface area contributed by atoms with Gasteiger partial charge in [0.25, 0.3) is 0 Å². The quantitative estimate of drug-likeness (QED) is 0.136. The molecule has 0 aliphatic heterocycles. The van der Waals surface area contributed by atoms with Gasteiger partial charge in [0, 0.05) is 12.6 Å². The molecular formula is C15H20N4O4. The van der Waals surface area contributed by atoms with Crippen molar-refractivity contribution in [3.8, 4) is 5.75 Å². The van der Waals surface area contributed by atoms with Crippen LogP contribution in [0.3, 0.4) is 0 Å². The number of aliphatic imine (C=N–C) groups is 1. The van der Waals surface area contributed by atoms with Gasteiger partial charge in [-0.05, 0) is 36.6 Å². The zero-order chi connectivity index (χ0) is 17.2. The number of carbonyl (C=O) groups excluding carboxylic acids is 2. The number of esters is 2. The normalized spacial score (nSPS) is 11.9. The second-order valence-electron chi connectivity index (χ2n) is 4.72. The molecule has 0 heterocycles. The number of ether oxygens (including phenoxy) is 1. The Morgan fingerprint density at radius 3 is 2.52 bits per heavy atom. The predicted molar refractivity (Wildman–Crippen MR) is 86.1 cm³/mol. The Labute approximate surface area is 133 Å². The highest BCUT2D eigenvalue weighted by molar-refractivity contribution is 5.96. The second kappa shape index (κ2) is 9.21. The molecule has 0 saturated carbocycles. The molecule has 0 aliphatic carbocycles. The van der Waals surface area contributed by atoms with Gasteiger partial charge in [0.05, 0.1) is 0 Å². The summed E-state index contributed by atoms with van der Waals surface area (Å²) >= 11 is 0. The largest absolute Gasteiger partial charge is 0.508 e. The van der Waals surface area contributed by atoms with Crippen molar-refractivity contribution >= 4 is 24.0 Å². The average Bonchev–Trinajstić information content (AvgIpc) is 2.50. The molecule has 0 bridgehead atoms. The standard InChI is InChI=1S/C15H20N4O4/c16-12(2-1-9-19-15(17)18)14(22)23-13(21)8-5-10-3-6-11(20)7-4-10/h3-8,12,20H,1-2,9,16H2,(H4,17,18,19)/b8-5+/t12-/m0/s1. The summed E-state index contributed by atoms with van der Waals surface area (Å²) in [5, 5.41) is 9.14. The molecule has 0 unspecified atom stereocenters. The third kappa shape index (κ3) is 7.63. The van der Waals surface area contributed by atoms with Crippen molar-refractivity contribution in [2.45, 2.75) is 18.9 Å². The third-order valence-electron chi connectivity index (χ3n) is 2.78. The highest BCUT2D eigenvalue weighted by Crippen LogP contribution is 2.10. The lowest BCUT2D eigenvalue weighted by Gasteiger charge is -2.08. The molecule has 8 nitrogen and oxygen atoms in total. The van der Waals surface area contributed by atoms with Crippen molar-refractivity contribution in [2.24, 2.45) is 22.2 Å². The minimum absolute atomic E-state index is 0.0318. The van der Waals surface area contributed by atoms with E-state index in [1.807, 2.05) is 0 Å². The van der Waals surface area contributed by atoms with Crippen LogP contribution < -0.4 is 17.2 Å². The summed E-state index contributed by atoms with van der Waals surface area (Å²) in [6.45, 7) is 0.345. The molecule has 0 aliphatic rings. The van der Waals surface area contributed by atoms with Crippen molar-refractivity contribution in [1.29, 1.82) is 0 Å². The van der Waals surface area contributed by atoms with E-state index in [0.717, 1.165) is 6.08 Å². The topological polar surface area (TPSA) is 154 Å². The fourth-order valence-electron chi connectivity index (χ4n) is 1.60. The average molecular weight is 320 g/mol. The first-order valence-corrected chi connectivity index (χ1v) is 6.92. The van der Waals surface area contributed by atoms with Gasteiger partial charge in [-0.15, -0.1) is 0 Å². The zero-order valence-corrected chi connectivity index (χ0v) is 12.5. The number of phenols is 1. The minimum atomic E-state index is -0.921. The molecule has 0 fully saturated rings. The van der Waals surface area contributed by atoms with E-state index < -0.39 is 18.0 Å². The molecule has 0 spiro atoms. The van der Waals surface area contributed by atoms with E-state index in [2.05, 4.69) is 9.73 Å². The SMILES string of the molecule is NC(N)=NCCC[C@H](N)C(=O)OC(=O)/C=C/c1ccc(O)cc1. The molecule has 8 heteroatoms. The molecule has 0 amide bonds. The minimum Gasteiger partial charge on any atom is -0.508 e. The molecule has 1 aromatic rings. The van der Waals surface area contributed by atoms with Gasteiger partial charge in [-0.3, -0.25) is 4.99 Å². The number of guanidine groups is 1. The van der Waals surface area contributed by atoms with Gasteiger partial charge in [-0.2, -0.15) is 0 Å². The molecular weight excluding hydrogens is 300 g/mol. The van der Waals surface area contributed by atoms with E-state index in [9.17, 15) is 9.59 Å². The highest BCUT2D eigenvalue weighted by atomic mass is 16.6. The van der Waals surface area contributed by atoms with Gasteiger partial charge < -0.3 is 27.0 Å². The number of rotatable bonds is 7. The molecule has 124 valence electrons. The van der Waals surface area contributed by atoms with Gasteiger partial charge in [0.15, 0.2) is 5.96 Å². The van der Waals surface area contributed by atoms with Crippen LogP contribution in [0.1, 0.15) is 18.4 Å². The van der Waals surface area contributed by atoms with Crippen LogP contribution in [-0.4, -0.2) is 35.6 Å². The van der Waals surface area contributed by atoms with Crippen molar-refractivity contribution in [1.82, 2.24) is 0 Å². The number of hydrogen-bond donors (Lipinski definition) is 4. The maximum absolute atomic E-state index is 11.6. The van der Waals surface area contributed by atoms with E-state index in [4.69, 9.17) is 22.3 Å². The van der Waals surface area contributed by atoms with Gasteiger partial charge in [-0.1, -0.05) is 12.1 Å². The Bertz CT molecular complexity index is 592. The fourth-order valence-corrected chi connectivity index (χ4v) is 1.60. The number of nitrogens with two attached hydrogens (primary N) is 3. The molecule has 0 aromatic heterocycles. The number of hydrogen-bond acceptors (Lipinski definition) is 6. The summed E-state index contributed by atoms with van der Waals surface area (Å²) in [7, 11) is 0. The first kappa shape index (κ1) is 18.2. The van der Waals surface area contributed by atoms with Crippen molar-refractivity contribution in [3.63, 3.8) is 0 Å². The van der Waals surface area contributed by atoms with Crippen LogP contribution in [0, 0.1) is 0 Å². The summed E-state index contributed by atoms with van der Waals surface area (Å²) in [6.07, 6.45) is 3.35. The van der Waals surface area contributed by atoms with Gasteiger partial charge in [-0.25, -0.2) is 9.59 Å². The lowest BCUT2D eigenvalue weighted by Crippen LogP contribution is -2.33. The fraction of sp³-hybridized carbons (Fsp3) is 0.267. The van der Waals surface area contributed by atoms with Crippen molar-refractivity contribution in [2.75, 3.05) is 6.54 Å². The smallest absolute Gasteiger partial charge is 0.338 e. The number of benzene rings is 1. The Hall–Kier alpha value is -2.87. The maximum atomic E-state index is 11.6. The van der Waals surface area contributed by atoms with Crippen LogP contribution in [0.5, 0.6) is 5.75 Å². The molecule has 0 radical (unpaired) electrons. The summed E-state index contributed by atoms with van der Waals surface area (Å²) in [5.74, 6) is -1.54. The number of aromatic hydroxyl groups is 1. The van der Waals surface area contributed by atoms with Crippen LogP contribution in [-0.2, 0) is 14.3 Å². The third-order valence-corrected chi connectivity index (χ3v) is 2.78. The number of nitrogens with zero attached hydrogens (tertiary/aromatic N) is 1. The van der Waals surface area contributed by atoms with Crippen LogP contribution >= 0.6 is 0 Å². The molecule has 7 N–H and O–H groups in total. The molecule has 23 heavy (non-hydrogen) atoms. The van der Waals surface area contributed by atoms with Crippen molar-refractivity contribution in [3.05, 3.63) is 35.9 Å². The summed E-state index contributed by atoms with van der Waals surface area (Å²) < 4.78 is 4.61. The lowest BCUT2D eigenvalue weighted by molar-refractivity contribution is -0.157. The molecule has 1 atom stereocenters. The number of phenolic OH excluding ortho intramolecular Hbond substituents is 1. The summed E-state index contributed by atoms with van der Waals surface area (Å²) in [6, 6.07) is 5.24. The first-order chi connectivity index (χ1) is 10.9. The van der Waals surface area contributed by atoms with Crippen LogP contribution in [0.2, 0.25) is 0 Å². The van der Waals surface area contributed by atoms with Crippen molar-refractivity contribution < 1.29 is 19.4 Å². The summed E-state index contributed by atoms with van der Waals surface area (Å²) in [4.78, 5) is 26.9. The Morgan fingerprint density at radius 1 is 1.26 bits per heavy atom. The van der Waals surface area contributed by atoms with E-state index in [1.165, 1.54) is 18.2 Å². The highest BCUT2D eigenvalue weighted by Gasteiger charge is 2.17. The Morgan fingerprint density at radius 2 is 1.91 bits per heavy atom. The van der Waals surface area contributed by atoms with E-state index in [1.54, 1.807) is 12.1 Å². The molecule has 1 aromatic carbocycles. The maximum Gasteiger partial charge on any atom is 0.338 e. The number of carbonyl (C=O) groups is 2. The van der Waals surface area contributed by atoms with Gasteiger partial charge >= 0.3 is 11.9 Å². The second-order valence-corrected chi connectivity index (χ2v) is 4.72. The zero-order valence-electron chi connectivity index (χ0n) is 12.5. The van der Waals surface area contributed by atoms with E-state index in [0.29, 0.717) is 24.9 Å². The first-order valence-electron chi connectivity index (χ1n) is 6.92. The van der Waals surface area contributed by atoms with Crippen LogP contribution in [0.15, 0.2) is 35.3 Å². The Balaban J connectivity index is 2.39. The predicted octanol–water partition coefficient (Wildman–Crippen LogP) is -0.144. The summed E-state index contributed by atoms with van der Waals surface area (Å²) in [5.41, 5.74) is 16.6. The van der Waals surface area contributed by atoms with E-state index in [-0.39, 0.29) is 11.7 Å². The van der Waals surface area contributed by atoms with Crippen LogP contribution in [0.4, 0.5) is 0 Å². The molecule has 1 rings (SSSR count).